The Balaban J connectivity index is 0.000000274. The van der Waals surface area contributed by atoms with Crippen LogP contribution in [0.4, 0.5) is 4.39 Å². The van der Waals surface area contributed by atoms with Crippen LogP contribution in [0.15, 0.2) is 24.3 Å². The molecule has 9 nitrogen and oxygen atoms in total. The van der Waals surface area contributed by atoms with E-state index in [0.717, 1.165) is 45.7 Å². The van der Waals surface area contributed by atoms with E-state index in [0.29, 0.717) is 12.1 Å². The van der Waals surface area contributed by atoms with Gasteiger partial charge in [0.2, 0.25) is 0 Å². The van der Waals surface area contributed by atoms with Gasteiger partial charge in [0, 0.05) is 38.4 Å². The van der Waals surface area contributed by atoms with Crippen LogP contribution in [0.2, 0.25) is 0 Å². The summed E-state index contributed by atoms with van der Waals surface area (Å²) in [4.78, 5) is 22.2. The van der Waals surface area contributed by atoms with E-state index in [1.54, 1.807) is 12.1 Å². The van der Waals surface area contributed by atoms with Crippen molar-refractivity contribution in [1.82, 2.24) is 10.2 Å². The molecule has 2 saturated heterocycles. The maximum Gasteiger partial charge on any atom is 0.335 e. The summed E-state index contributed by atoms with van der Waals surface area (Å²) in [6.45, 7) is 4.82. The van der Waals surface area contributed by atoms with Gasteiger partial charge in [-0.25, -0.2) is 14.0 Å². The molecule has 2 heterocycles. The van der Waals surface area contributed by atoms with E-state index in [-0.39, 0.29) is 5.82 Å². The van der Waals surface area contributed by atoms with Gasteiger partial charge in [-0.3, -0.25) is 4.90 Å². The molecular formula is C20H29FN2O7. The van der Waals surface area contributed by atoms with Gasteiger partial charge >= 0.3 is 11.9 Å². The number of ether oxygens (including phenoxy) is 1. The number of nitrogens with one attached hydrogen (secondary N) is 1. The molecule has 0 radical (unpaired) electrons. The third-order valence-corrected chi connectivity index (χ3v) is 5.25. The molecule has 2 aliphatic heterocycles. The van der Waals surface area contributed by atoms with Crippen LogP contribution < -0.4 is 5.32 Å². The molecule has 0 saturated carbocycles. The second-order valence-corrected chi connectivity index (χ2v) is 7.36. The van der Waals surface area contributed by atoms with E-state index in [9.17, 15) is 14.0 Å². The van der Waals surface area contributed by atoms with Gasteiger partial charge in [0.1, 0.15) is 5.82 Å². The minimum atomic E-state index is -2.27. The largest absolute Gasteiger partial charge is 0.479 e. The average molecular weight is 428 g/mol. The third-order valence-electron chi connectivity index (χ3n) is 5.25. The smallest absolute Gasteiger partial charge is 0.335 e. The molecule has 0 amide bonds. The Hall–Kier alpha value is -2.11. The summed E-state index contributed by atoms with van der Waals surface area (Å²) in [6.07, 6.45) is -1.11. The lowest BCUT2D eigenvalue weighted by Crippen LogP contribution is -2.46. The Labute approximate surface area is 174 Å². The summed E-state index contributed by atoms with van der Waals surface area (Å²) < 4.78 is 18.5. The Morgan fingerprint density at radius 2 is 1.60 bits per heavy atom. The topological polar surface area (TPSA) is 140 Å². The van der Waals surface area contributed by atoms with Gasteiger partial charge in [-0.2, -0.15) is 0 Å². The highest BCUT2D eigenvalue weighted by Crippen LogP contribution is 2.23. The highest BCUT2D eigenvalue weighted by atomic mass is 19.1. The van der Waals surface area contributed by atoms with Gasteiger partial charge < -0.3 is 30.5 Å². The number of carboxylic acid groups (broad SMARTS) is 2. The predicted molar refractivity (Wildman–Crippen MR) is 104 cm³/mol. The van der Waals surface area contributed by atoms with Crippen molar-refractivity contribution in [2.24, 2.45) is 0 Å². The molecule has 0 unspecified atom stereocenters. The number of aliphatic hydroxyl groups is 2. The number of carbonyl (C=O) groups is 2. The first-order valence-electron chi connectivity index (χ1n) is 9.90. The maximum absolute atomic E-state index is 13.0. The summed E-state index contributed by atoms with van der Waals surface area (Å²) >= 11 is 0. The summed E-state index contributed by atoms with van der Waals surface area (Å²) in [5.74, 6) is -3.70. The number of rotatable bonds is 7. The average Bonchev–Trinajstić information content (AvgIpc) is 3.27. The third kappa shape index (κ3) is 7.29. The predicted octanol–water partition coefficient (Wildman–Crippen LogP) is 0.0460. The monoisotopic (exact) mass is 428 g/mol. The molecule has 2 fully saturated rings. The second kappa shape index (κ2) is 11.9. The van der Waals surface area contributed by atoms with Crippen molar-refractivity contribution in [2.75, 3.05) is 26.3 Å². The number of aliphatic hydroxyl groups excluding tert-OH is 2. The quantitative estimate of drug-likeness (QED) is 0.407. The normalized spacial score (nSPS) is 21.5. The lowest BCUT2D eigenvalue weighted by molar-refractivity contribution is -0.165. The summed E-state index contributed by atoms with van der Waals surface area (Å²) in [5, 5.41) is 36.0. The highest BCUT2D eigenvalue weighted by Gasteiger charge is 2.30. The summed E-state index contributed by atoms with van der Waals surface area (Å²) in [5.41, 5.74) is 1.20. The number of hydrogen-bond acceptors (Lipinski definition) is 7. The molecule has 2 aliphatic rings. The molecule has 1 aromatic carbocycles. The Kier molecular flexibility index (Phi) is 9.60. The number of carboxylic acids is 2. The number of aliphatic carboxylic acids is 2. The van der Waals surface area contributed by atoms with Crippen molar-refractivity contribution in [3.63, 3.8) is 0 Å². The summed E-state index contributed by atoms with van der Waals surface area (Å²) in [6, 6.07) is 8.13. The van der Waals surface area contributed by atoms with Crippen LogP contribution in [0, 0.1) is 5.82 Å². The standard InChI is InChI=1S/C16H23FN2O.C4H6O6/c17-14-3-1-13(2-4-14)12-19(16-5-8-18-11-16)15-6-9-20-10-7-15;5-1(3(7)8)2(6)4(9)10/h1-4,15-16,18H,5-12H2;1-2,5-6H,(H,7,8)(H,9,10)/t16-;1-,2-/m01/s1. The van der Waals surface area contributed by atoms with Gasteiger partial charge in [0.05, 0.1) is 0 Å². The van der Waals surface area contributed by atoms with Crippen molar-refractivity contribution < 1.29 is 39.1 Å². The minimum Gasteiger partial charge on any atom is -0.479 e. The van der Waals surface area contributed by atoms with Gasteiger partial charge in [-0.1, -0.05) is 12.1 Å². The van der Waals surface area contributed by atoms with E-state index in [1.807, 2.05) is 12.1 Å². The number of halogens is 1. The number of nitrogens with zero attached hydrogens (tertiary/aromatic N) is 1. The summed E-state index contributed by atoms with van der Waals surface area (Å²) in [7, 11) is 0. The SMILES string of the molecule is Fc1ccc(CN(C2CCOCC2)[C@H]2CCNC2)cc1.O=C(O)[C@H](O)[C@@H](O)C(=O)O. The van der Waals surface area contributed by atoms with Gasteiger partial charge in [-0.05, 0) is 43.5 Å². The first kappa shape index (κ1) is 24.2. The van der Waals surface area contributed by atoms with Crippen LogP contribution in [0.3, 0.4) is 0 Å². The van der Waals surface area contributed by atoms with Crippen LogP contribution in [0.25, 0.3) is 0 Å². The fourth-order valence-electron chi connectivity index (χ4n) is 3.57. The van der Waals surface area contributed by atoms with Gasteiger partial charge in [0.15, 0.2) is 12.2 Å². The molecule has 1 aromatic rings. The zero-order chi connectivity index (χ0) is 22.1. The lowest BCUT2D eigenvalue weighted by atomic mass is 10.0. The Morgan fingerprint density at radius 3 is 2.07 bits per heavy atom. The van der Waals surface area contributed by atoms with E-state index in [2.05, 4.69) is 10.2 Å². The van der Waals surface area contributed by atoms with Crippen molar-refractivity contribution in [2.45, 2.75) is 50.1 Å². The van der Waals surface area contributed by atoms with Gasteiger partial charge in [-0.15, -0.1) is 0 Å². The molecular weight excluding hydrogens is 399 g/mol. The van der Waals surface area contributed by atoms with Crippen LogP contribution in [0.1, 0.15) is 24.8 Å². The van der Waals surface area contributed by atoms with E-state index in [4.69, 9.17) is 25.2 Å². The van der Waals surface area contributed by atoms with E-state index < -0.39 is 24.1 Å². The zero-order valence-corrected chi connectivity index (χ0v) is 16.6. The fourth-order valence-corrected chi connectivity index (χ4v) is 3.57. The molecule has 5 N–H and O–H groups in total. The van der Waals surface area contributed by atoms with Crippen LogP contribution >= 0.6 is 0 Å². The first-order valence-corrected chi connectivity index (χ1v) is 9.90. The van der Waals surface area contributed by atoms with Crippen LogP contribution in [-0.4, -0.2) is 87.9 Å². The highest BCUT2D eigenvalue weighted by molar-refractivity contribution is 5.83. The van der Waals surface area contributed by atoms with Crippen molar-refractivity contribution in [3.8, 4) is 0 Å². The van der Waals surface area contributed by atoms with E-state index in [1.165, 1.54) is 12.0 Å². The Morgan fingerprint density at radius 1 is 1.03 bits per heavy atom. The molecule has 30 heavy (non-hydrogen) atoms. The molecule has 0 bridgehead atoms. The van der Waals surface area contributed by atoms with Crippen molar-refractivity contribution >= 4 is 11.9 Å². The number of benzene rings is 1. The zero-order valence-electron chi connectivity index (χ0n) is 16.6. The van der Waals surface area contributed by atoms with Crippen LogP contribution in [-0.2, 0) is 20.9 Å². The molecule has 0 spiro atoms. The van der Waals surface area contributed by atoms with Crippen LogP contribution in [0.5, 0.6) is 0 Å². The first-order chi connectivity index (χ1) is 14.3. The Bertz CT molecular complexity index is 658. The minimum absolute atomic E-state index is 0.158. The molecule has 3 rings (SSSR count). The molecule has 3 atom stereocenters. The van der Waals surface area contributed by atoms with E-state index >= 15 is 0 Å². The second-order valence-electron chi connectivity index (χ2n) is 7.36. The molecule has 0 aromatic heterocycles. The maximum atomic E-state index is 13.0. The molecule has 0 aliphatic carbocycles. The van der Waals surface area contributed by atoms with Crippen molar-refractivity contribution in [1.29, 1.82) is 0 Å². The molecule has 10 heteroatoms. The van der Waals surface area contributed by atoms with Gasteiger partial charge in [0.25, 0.3) is 0 Å². The molecule has 168 valence electrons. The lowest BCUT2D eigenvalue weighted by Gasteiger charge is -2.38. The number of hydrogen-bond donors (Lipinski definition) is 5. The van der Waals surface area contributed by atoms with Crippen molar-refractivity contribution in [3.05, 3.63) is 35.6 Å². The fraction of sp³-hybridized carbons (Fsp3) is 0.600.